The Balaban J connectivity index is 4.68. The Morgan fingerprint density at radius 2 is 1.80 bits per heavy atom. The van der Waals surface area contributed by atoms with Gasteiger partial charge < -0.3 is 10.5 Å². The summed E-state index contributed by atoms with van der Waals surface area (Å²) in [5.41, 5.74) is 5.97. The lowest BCUT2D eigenvalue weighted by Gasteiger charge is -2.36. The normalized spacial score (nSPS) is 13.7. The lowest BCUT2D eigenvalue weighted by molar-refractivity contribution is -0.144. The summed E-state index contributed by atoms with van der Waals surface area (Å²) in [6.45, 7) is 6.25. The first-order valence-corrected chi connectivity index (χ1v) is 5.84. The third kappa shape index (κ3) is 4.20. The number of methoxy groups -OCH3 is 1. The van der Waals surface area contributed by atoms with Crippen LogP contribution in [0.15, 0.2) is 0 Å². The second-order valence-electron chi connectivity index (χ2n) is 4.40. The molecule has 0 saturated carbocycles. The number of nitrogens with two attached hydrogens (primary N) is 1. The van der Waals surface area contributed by atoms with E-state index in [0.717, 1.165) is 25.7 Å². The molecule has 0 rings (SSSR count). The maximum atomic E-state index is 11.4. The number of esters is 1. The SMILES string of the molecule is CCCC(CCC)(CC(=O)OC)C(C)N. The number of hydrogen-bond donors (Lipinski definition) is 1. The van der Waals surface area contributed by atoms with Crippen molar-refractivity contribution in [3.63, 3.8) is 0 Å². The number of carbonyl (C=O) groups is 1. The highest BCUT2D eigenvalue weighted by molar-refractivity contribution is 5.70. The van der Waals surface area contributed by atoms with E-state index in [1.54, 1.807) is 0 Å². The summed E-state index contributed by atoms with van der Waals surface area (Å²) in [6, 6.07) is 0.0384. The van der Waals surface area contributed by atoms with Crippen LogP contribution in [0.4, 0.5) is 0 Å². The van der Waals surface area contributed by atoms with E-state index >= 15 is 0 Å². The fourth-order valence-corrected chi connectivity index (χ4v) is 2.27. The fourth-order valence-electron chi connectivity index (χ4n) is 2.27. The Bertz CT molecular complexity index is 184. The Labute approximate surface area is 93.4 Å². The summed E-state index contributed by atoms with van der Waals surface area (Å²) in [4.78, 5) is 11.4. The minimum Gasteiger partial charge on any atom is -0.469 e. The molecule has 0 amide bonds. The predicted molar refractivity (Wildman–Crippen MR) is 62.5 cm³/mol. The first-order chi connectivity index (χ1) is 7.02. The largest absolute Gasteiger partial charge is 0.469 e. The number of hydrogen-bond acceptors (Lipinski definition) is 3. The molecular formula is C12H25NO2. The lowest BCUT2D eigenvalue weighted by atomic mass is 9.71. The summed E-state index contributed by atoms with van der Waals surface area (Å²) in [6.07, 6.45) is 4.54. The van der Waals surface area contributed by atoms with Crippen LogP contribution in [0.25, 0.3) is 0 Å². The van der Waals surface area contributed by atoms with Crippen LogP contribution in [0.5, 0.6) is 0 Å². The van der Waals surface area contributed by atoms with Crippen molar-refractivity contribution in [2.24, 2.45) is 11.1 Å². The molecule has 0 saturated heterocycles. The molecule has 15 heavy (non-hydrogen) atoms. The summed E-state index contributed by atoms with van der Waals surface area (Å²) in [5.74, 6) is -0.144. The molecule has 1 unspecified atom stereocenters. The zero-order valence-corrected chi connectivity index (χ0v) is 10.5. The van der Waals surface area contributed by atoms with E-state index in [2.05, 4.69) is 13.8 Å². The molecule has 0 aromatic carbocycles. The molecule has 0 aromatic heterocycles. The van der Waals surface area contributed by atoms with Gasteiger partial charge in [-0.3, -0.25) is 4.79 Å². The first kappa shape index (κ1) is 14.4. The van der Waals surface area contributed by atoms with Gasteiger partial charge in [0.2, 0.25) is 0 Å². The average Bonchev–Trinajstić information content (AvgIpc) is 2.18. The van der Waals surface area contributed by atoms with Crippen LogP contribution < -0.4 is 5.73 Å². The summed E-state index contributed by atoms with van der Waals surface area (Å²) in [5, 5.41) is 0. The molecule has 3 nitrogen and oxygen atoms in total. The van der Waals surface area contributed by atoms with Gasteiger partial charge in [-0.25, -0.2) is 0 Å². The molecule has 3 heteroatoms. The molecule has 0 aromatic rings. The average molecular weight is 215 g/mol. The molecule has 0 fully saturated rings. The van der Waals surface area contributed by atoms with Crippen molar-refractivity contribution in [3.05, 3.63) is 0 Å². The van der Waals surface area contributed by atoms with Gasteiger partial charge in [0.1, 0.15) is 0 Å². The summed E-state index contributed by atoms with van der Waals surface area (Å²) in [7, 11) is 1.44. The Morgan fingerprint density at radius 3 is 2.07 bits per heavy atom. The van der Waals surface area contributed by atoms with E-state index in [0.29, 0.717) is 6.42 Å². The molecule has 0 aliphatic rings. The van der Waals surface area contributed by atoms with Gasteiger partial charge in [-0.1, -0.05) is 26.7 Å². The van der Waals surface area contributed by atoms with Crippen LogP contribution in [0.3, 0.4) is 0 Å². The highest BCUT2D eigenvalue weighted by Crippen LogP contribution is 2.36. The van der Waals surface area contributed by atoms with Gasteiger partial charge in [0.25, 0.3) is 0 Å². The molecule has 2 N–H and O–H groups in total. The highest BCUT2D eigenvalue weighted by Gasteiger charge is 2.35. The topological polar surface area (TPSA) is 52.3 Å². The van der Waals surface area contributed by atoms with Crippen LogP contribution in [0, 0.1) is 5.41 Å². The van der Waals surface area contributed by atoms with E-state index in [-0.39, 0.29) is 17.4 Å². The van der Waals surface area contributed by atoms with Crippen LogP contribution in [0.2, 0.25) is 0 Å². The van der Waals surface area contributed by atoms with Gasteiger partial charge >= 0.3 is 5.97 Å². The van der Waals surface area contributed by atoms with Crippen molar-refractivity contribution in [2.75, 3.05) is 7.11 Å². The second-order valence-corrected chi connectivity index (χ2v) is 4.40. The van der Waals surface area contributed by atoms with E-state index in [4.69, 9.17) is 10.5 Å². The number of carbonyl (C=O) groups excluding carboxylic acids is 1. The number of ether oxygens (including phenoxy) is 1. The monoisotopic (exact) mass is 215 g/mol. The van der Waals surface area contributed by atoms with Gasteiger partial charge in [-0.05, 0) is 25.2 Å². The third-order valence-electron chi connectivity index (χ3n) is 3.19. The van der Waals surface area contributed by atoms with Gasteiger partial charge in [0.15, 0.2) is 0 Å². The van der Waals surface area contributed by atoms with E-state index in [9.17, 15) is 4.79 Å². The lowest BCUT2D eigenvalue weighted by Crippen LogP contribution is -2.41. The van der Waals surface area contributed by atoms with Crippen molar-refractivity contribution in [1.29, 1.82) is 0 Å². The fraction of sp³-hybridized carbons (Fsp3) is 0.917. The quantitative estimate of drug-likeness (QED) is 0.664. The minimum absolute atomic E-state index is 0.0384. The van der Waals surface area contributed by atoms with Crippen LogP contribution in [0.1, 0.15) is 52.9 Å². The molecule has 0 aliphatic carbocycles. The molecule has 0 bridgehead atoms. The van der Waals surface area contributed by atoms with Crippen molar-refractivity contribution < 1.29 is 9.53 Å². The first-order valence-electron chi connectivity index (χ1n) is 5.84. The molecule has 0 heterocycles. The maximum Gasteiger partial charge on any atom is 0.306 e. The van der Waals surface area contributed by atoms with Crippen LogP contribution >= 0.6 is 0 Å². The Hall–Kier alpha value is -0.570. The zero-order valence-electron chi connectivity index (χ0n) is 10.5. The number of rotatable bonds is 7. The van der Waals surface area contributed by atoms with Gasteiger partial charge in [0, 0.05) is 6.04 Å². The molecule has 0 spiro atoms. The Morgan fingerprint density at radius 1 is 1.33 bits per heavy atom. The molecule has 0 radical (unpaired) electrons. The van der Waals surface area contributed by atoms with Crippen molar-refractivity contribution in [3.8, 4) is 0 Å². The van der Waals surface area contributed by atoms with Crippen molar-refractivity contribution in [2.45, 2.75) is 58.9 Å². The molecular weight excluding hydrogens is 190 g/mol. The van der Waals surface area contributed by atoms with E-state index in [1.165, 1.54) is 7.11 Å². The van der Waals surface area contributed by atoms with Gasteiger partial charge in [0.05, 0.1) is 13.5 Å². The van der Waals surface area contributed by atoms with Gasteiger partial charge in [-0.15, -0.1) is 0 Å². The van der Waals surface area contributed by atoms with Gasteiger partial charge in [-0.2, -0.15) is 0 Å². The summed E-state index contributed by atoms with van der Waals surface area (Å²) >= 11 is 0. The second kappa shape index (κ2) is 6.83. The molecule has 1 atom stereocenters. The predicted octanol–water partition coefficient (Wildman–Crippen LogP) is 2.48. The standard InChI is InChI=1S/C12H25NO2/c1-5-7-12(8-6-2,10(3)13)9-11(14)15-4/h10H,5-9,13H2,1-4H3. The van der Waals surface area contributed by atoms with Crippen LogP contribution in [-0.2, 0) is 9.53 Å². The van der Waals surface area contributed by atoms with E-state index in [1.807, 2.05) is 6.92 Å². The smallest absolute Gasteiger partial charge is 0.306 e. The molecule has 90 valence electrons. The third-order valence-corrected chi connectivity index (χ3v) is 3.19. The van der Waals surface area contributed by atoms with Crippen LogP contribution in [-0.4, -0.2) is 19.1 Å². The van der Waals surface area contributed by atoms with E-state index < -0.39 is 0 Å². The summed E-state index contributed by atoms with van der Waals surface area (Å²) < 4.78 is 4.75. The zero-order chi connectivity index (χ0) is 11.9. The van der Waals surface area contributed by atoms with Crippen molar-refractivity contribution in [1.82, 2.24) is 0 Å². The van der Waals surface area contributed by atoms with Crippen molar-refractivity contribution >= 4 is 5.97 Å². The maximum absolute atomic E-state index is 11.4. The minimum atomic E-state index is -0.144. The Kier molecular flexibility index (Phi) is 6.57. The molecule has 0 aliphatic heterocycles. The highest BCUT2D eigenvalue weighted by atomic mass is 16.5.